The van der Waals surface area contributed by atoms with E-state index in [1.54, 1.807) is 67.1 Å². The highest BCUT2D eigenvalue weighted by atomic mass is 32.2. The number of hydrogen-bond donors (Lipinski definition) is 2. The van der Waals surface area contributed by atoms with Crippen LogP contribution in [-0.2, 0) is 26.0 Å². The van der Waals surface area contributed by atoms with Crippen LogP contribution in [0.5, 0.6) is 5.75 Å². The molecule has 9 heteroatoms. The molecule has 31 heavy (non-hydrogen) atoms. The molecule has 0 aliphatic heterocycles. The maximum Gasteiger partial charge on any atom is 0.309 e. The van der Waals surface area contributed by atoms with Gasteiger partial charge in [0.05, 0.1) is 12.0 Å². The van der Waals surface area contributed by atoms with E-state index in [0.29, 0.717) is 10.6 Å². The molecule has 1 atom stereocenters. The second kappa shape index (κ2) is 10.2. The number of hydrogen-bond acceptors (Lipinski definition) is 6. The molecule has 0 unspecified atom stereocenters. The predicted molar refractivity (Wildman–Crippen MR) is 119 cm³/mol. The molecular weight excluding hydrogens is 436 g/mol. The van der Waals surface area contributed by atoms with Crippen LogP contribution in [0.25, 0.3) is 0 Å². The molecular formula is C22H22N2O5S2. The van der Waals surface area contributed by atoms with Crippen LogP contribution >= 0.6 is 11.3 Å². The van der Waals surface area contributed by atoms with Crippen molar-refractivity contribution in [2.75, 3.05) is 13.7 Å². The number of methoxy groups -OCH3 is 1. The highest BCUT2D eigenvalue weighted by Gasteiger charge is 2.31. The Morgan fingerprint density at radius 2 is 1.61 bits per heavy atom. The SMILES string of the molecule is COc1ccc(CNC(=O)C(=O)NC[C@@H](c2cccs2)S(=O)(=O)c2ccccc2)cc1. The summed E-state index contributed by atoms with van der Waals surface area (Å²) in [6, 6.07) is 18.5. The largest absolute Gasteiger partial charge is 0.497 e. The third-order valence-corrected chi connectivity index (χ3v) is 7.81. The molecule has 0 bridgehead atoms. The quantitative estimate of drug-likeness (QED) is 0.506. The molecule has 1 aromatic heterocycles. The normalized spacial score (nSPS) is 12.0. The molecule has 0 fully saturated rings. The van der Waals surface area contributed by atoms with Crippen LogP contribution in [0.3, 0.4) is 0 Å². The van der Waals surface area contributed by atoms with Crippen molar-refractivity contribution in [3.05, 3.63) is 82.6 Å². The Balaban J connectivity index is 1.64. The maximum absolute atomic E-state index is 13.1. The number of ether oxygens (including phenoxy) is 1. The molecule has 0 spiro atoms. The maximum atomic E-state index is 13.1. The second-order valence-corrected chi connectivity index (χ2v) is 9.71. The summed E-state index contributed by atoms with van der Waals surface area (Å²) in [5.41, 5.74) is 0.796. The Morgan fingerprint density at radius 1 is 0.935 bits per heavy atom. The van der Waals surface area contributed by atoms with Gasteiger partial charge in [0.2, 0.25) is 0 Å². The van der Waals surface area contributed by atoms with E-state index < -0.39 is 26.9 Å². The predicted octanol–water partition coefficient (Wildman–Crippen LogP) is 2.70. The summed E-state index contributed by atoms with van der Waals surface area (Å²) in [6.45, 7) is -0.0561. The number of nitrogens with one attached hydrogen (secondary N) is 2. The average Bonchev–Trinajstić information content (AvgIpc) is 3.32. The zero-order valence-corrected chi connectivity index (χ0v) is 18.4. The Kier molecular flexibility index (Phi) is 7.43. The Labute approximate surface area is 185 Å². The number of carbonyl (C=O) groups excluding carboxylic acids is 2. The van der Waals surface area contributed by atoms with Crippen molar-refractivity contribution < 1.29 is 22.7 Å². The summed E-state index contributed by atoms with van der Waals surface area (Å²) in [7, 11) is -2.20. The number of amides is 2. The second-order valence-electron chi connectivity index (χ2n) is 6.60. The fourth-order valence-corrected chi connectivity index (χ4v) is 5.69. The lowest BCUT2D eigenvalue weighted by atomic mass is 10.2. The van der Waals surface area contributed by atoms with Gasteiger partial charge in [-0.1, -0.05) is 36.4 Å². The number of sulfone groups is 1. The fourth-order valence-electron chi connectivity index (χ4n) is 2.88. The van der Waals surface area contributed by atoms with E-state index in [0.717, 1.165) is 5.56 Å². The summed E-state index contributed by atoms with van der Waals surface area (Å²) in [5.74, 6) is -1.04. The van der Waals surface area contributed by atoms with Crippen molar-refractivity contribution in [3.8, 4) is 5.75 Å². The topological polar surface area (TPSA) is 102 Å². The summed E-state index contributed by atoms with van der Waals surface area (Å²) < 4.78 is 31.3. The molecule has 7 nitrogen and oxygen atoms in total. The zero-order chi connectivity index (χ0) is 22.3. The first-order chi connectivity index (χ1) is 14.9. The van der Waals surface area contributed by atoms with Crippen LogP contribution in [0, 0.1) is 0 Å². The van der Waals surface area contributed by atoms with Gasteiger partial charge >= 0.3 is 11.8 Å². The summed E-state index contributed by atoms with van der Waals surface area (Å²) in [4.78, 5) is 25.2. The lowest BCUT2D eigenvalue weighted by Crippen LogP contribution is -2.42. The zero-order valence-electron chi connectivity index (χ0n) is 16.8. The van der Waals surface area contributed by atoms with Gasteiger partial charge in [0.1, 0.15) is 11.0 Å². The van der Waals surface area contributed by atoms with Crippen molar-refractivity contribution in [1.82, 2.24) is 10.6 Å². The van der Waals surface area contributed by atoms with E-state index in [9.17, 15) is 18.0 Å². The average molecular weight is 459 g/mol. The Morgan fingerprint density at radius 3 is 2.23 bits per heavy atom. The van der Waals surface area contributed by atoms with Crippen molar-refractivity contribution in [3.63, 3.8) is 0 Å². The van der Waals surface area contributed by atoms with Crippen molar-refractivity contribution in [2.45, 2.75) is 16.7 Å². The first-order valence-corrected chi connectivity index (χ1v) is 11.9. The van der Waals surface area contributed by atoms with Gasteiger partial charge in [-0.3, -0.25) is 9.59 Å². The molecule has 0 aliphatic rings. The van der Waals surface area contributed by atoms with E-state index in [1.165, 1.54) is 23.5 Å². The molecule has 0 saturated heterocycles. The molecule has 3 aromatic rings. The summed E-state index contributed by atoms with van der Waals surface area (Å²) in [6.07, 6.45) is 0. The molecule has 0 aliphatic carbocycles. The van der Waals surface area contributed by atoms with Gasteiger partial charge in [0.15, 0.2) is 9.84 Å². The van der Waals surface area contributed by atoms with E-state index in [2.05, 4.69) is 10.6 Å². The minimum atomic E-state index is -3.76. The van der Waals surface area contributed by atoms with Crippen molar-refractivity contribution in [2.24, 2.45) is 0 Å². The molecule has 162 valence electrons. The molecule has 2 N–H and O–H groups in total. The van der Waals surface area contributed by atoms with Crippen molar-refractivity contribution in [1.29, 1.82) is 0 Å². The molecule has 0 saturated carbocycles. The minimum Gasteiger partial charge on any atom is -0.497 e. The van der Waals surface area contributed by atoms with Gasteiger partial charge in [-0.2, -0.15) is 0 Å². The highest BCUT2D eigenvalue weighted by molar-refractivity contribution is 7.91. The first-order valence-electron chi connectivity index (χ1n) is 9.43. The van der Waals surface area contributed by atoms with E-state index in [1.807, 2.05) is 0 Å². The van der Waals surface area contributed by atoms with E-state index >= 15 is 0 Å². The number of carbonyl (C=O) groups is 2. The lowest BCUT2D eigenvalue weighted by Gasteiger charge is -2.17. The van der Waals surface area contributed by atoms with Crippen LogP contribution in [0.2, 0.25) is 0 Å². The minimum absolute atomic E-state index is 0.159. The van der Waals surface area contributed by atoms with E-state index in [-0.39, 0.29) is 18.0 Å². The number of benzene rings is 2. The lowest BCUT2D eigenvalue weighted by molar-refractivity contribution is -0.139. The van der Waals surface area contributed by atoms with E-state index in [4.69, 9.17) is 4.74 Å². The van der Waals surface area contributed by atoms with Gasteiger partial charge in [-0.05, 0) is 41.3 Å². The smallest absolute Gasteiger partial charge is 0.309 e. The first kappa shape index (κ1) is 22.5. The number of thiophene rings is 1. The summed E-state index contributed by atoms with van der Waals surface area (Å²) >= 11 is 1.28. The van der Waals surface area contributed by atoms with Crippen LogP contribution < -0.4 is 15.4 Å². The van der Waals surface area contributed by atoms with Gasteiger partial charge < -0.3 is 15.4 Å². The Hall–Kier alpha value is -3.17. The van der Waals surface area contributed by atoms with Crippen molar-refractivity contribution >= 4 is 33.0 Å². The third-order valence-electron chi connectivity index (χ3n) is 4.57. The van der Waals surface area contributed by atoms with Crippen LogP contribution in [0.1, 0.15) is 15.7 Å². The van der Waals surface area contributed by atoms with Crippen LogP contribution in [0.15, 0.2) is 77.0 Å². The summed E-state index contributed by atoms with van der Waals surface area (Å²) in [5, 5.41) is 5.76. The molecule has 0 radical (unpaired) electrons. The third kappa shape index (κ3) is 5.71. The monoisotopic (exact) mass is 458 g/mol. The fraction of sp³-hybridized carbons (Fsp3) is 0.182. The molecule has 2 aromatic carbocycles. The van der Waals surface area contributed by atoms with Gasteiger partial charge in [-0.25, -0.2) is 8.42 Å². The molecule has 2 amide bonds. The van der Waals surface area contributed by atoms with Crippen LogP contribution in [0.4, 0.5) is 0 Å². The van der Waals surface area contributed by atoms with Crippen LogP contribution in [-0.4, -0.2) is 33.9 Å². The molecule has 3 rings (SSSR count). The van der Waals surface area contributed by atoms with Gasteiger partial charge in [-0.15, -0.1) is 11.3 Å². The van der Waals surface area contributed by atoms with Gasteiger partial charge in [0, 0.05) is 18.0 Å². The molecule has 1 heterocycles. The Bertz CT molecular complexity index is 1110. The van der Waals surface area contributed by atoms with Gasteiger partial charge in [0.25, 0.3) is 0 Å². The highest BCUT2D eigenvalue weighted by Crippen LogP contribution is 2.31. The standard InChI is InChI=1S/C22H22N2O5S2/c1-29-17-11-9-16(10-12-17)14-23-21(25)22(26)24-15-20(19-8-5-13-30-19)31(27,28)18-6-3-2-4-7-18/h2-13,20H,14-15H2,1H3,(H,23,25)(H,24,26)/t20-/m0/s1. The number of rotatable bonds is 8.